The summed E-state index contributed by atoms with van der Waals surface area (Å²) < 4.78 is 27.2. The van der Waals surface area contributed by atoms with E-state index in [2.05, 4.69) is 20.9 Å². The molecule has 1 aliphatic heterocycles. The lowest BCUT2D eigenvalue weighted by atomic mass is 9.89. The highest BCUT2D eigenvalue weighted by Gasteiger charge is 2.34. The molecule has 0 saturated carbocycles. The zero-order chi connectivity index (χ0) is 14.2. The van der Waals surface area contributed by atoms with Gasteiger partial charge in [-0.3, -0.25) is 4.79 Å². The average Bonchev–Trinajstić information content (AvgIpc) is 2.37. The van der Waals surface area contributed by atoms with Crippen molar-refractivity contribution in [3.8, 4) is 0 Å². The van der Waals surface area contributed by atoms with Gasteiger partial charge < -0.3 is 4.90 Å². The maximum absolute atomic E-state index is 13.7. The maximum atomic E-state index is 13.7. The molecule has 0 aromatic carbocycles. The zero-order valence-corrected chi connectivity index (χ0v) is 12.3. The number of rotatable bonds is 1. The van der Waals surface area contributed by atoms with Gasteiger partial charge in [0.15, 0.2) is 5.82 Å². The Morgan fingerprint density at radius 3 is 2.53 bits per heavy atom. The zero-order valence-electron chi connectivity index (χ0n) is 10.7. The van der Waals surface area contributed by atoms with E-state index in [4.69, 9.17) is 0 Å². The molecule has 3 nitrogen and oxygen atoms in total. The Hall–Kier alpha value is -1.04. The van der Waals surface area contributed by atoms with Crippen LogP contribution in [0.4, 0.5) is 8.78 Å². The van der Waals surface area contributed by atoms with Crippen LogP contribution in [0, 0.1) is 17.7 Å². The first-order valence-electron chi connectivity index (χ1n) is 6.14. The summed E-state index contributed by atoms with van der Waals surface area (Å²) in [4.78, 5) is 17.6. The van der Waals surface area contributed by atoms with Crippen LogP contribution < -0.4 is 0 Å². The quantitative estimate of drug-likeness (QED) is 0.740. The van der Waals surface area contributed by atoms with Crippen molar-refractivity contribution >= 4 is 21.8 Å². The van der Waals surface area contributed by atoms with Crippen LogP contribution in [0.15, 0.2) is 16.9 Å². The molecule has 0 aliphatic carbocycles. The normalized spacial score (nSPS) is 27.4. The second kappa shape index (κ2) is 5.53. The van der Waals surface area contributed by atoms with E-state index in [0.717, 1.165) is 6.07 Å². The second-order valence-corrected chi connectivity index (χ2v) is 5.86. The molecule has 104 valence electrons. The Labute approximate surface area is 119 Å². The van der Waals surface area contributed by atoms with Gasteiger partial charge in [0, 0.05) is 31.1 Å². The minimum Gasteiger partial charge on any atom is -0.338 e. The smallest absolute Gasteiger partial charge is 0.255 e. The third-order valence-corrected chi connectivity index (χ3v) is 4.02. The summed E-state index contributed by atoms with van der Waals surface area (Å²) in [6, 6.07) is 1.15. The number of amides is 1. The van der Waals surface area contributed by atoms with E-state index in [1.807, 2.05) is 0 Å². The van der Waals surface area contributed by atoms with Crippen LogP contribution in [0.2, 0.25) is 0 Å². The number of hydrogen-bond acceptors (Lipinski definition) is 2. The second-order valence-electron chi connectivity index (χ2n) is 5.11. The van der Waals surface area contributed by atoms with Crippen LogP contribution in [-0.2, 0) is 0 Å². The highest BCUT2D eigenvalue weighted by molar-refractivity contribution is 9.10. The first-order chi connectivity index (χ1) is 8.90. The minimum absolute atomic E-state index is 0.0771. The van der Waals surface area contributed by atoms with Crippen molar-refractivity contribution < 1.29 is 13.6 Å². The van der Waals surface area contributed by atoms with Gasteiger partial charge in [-0.25, -0.2) is 13.8 Å². The Morgan fingerprint density at radius 2 is 2.00 bits per heavy atom. The van der Waals surface area contributed by atoms with Crippen molar-refractivity contribution in [3.63, 3.8) is 0 Å². The van der Waals surface area contributed by atoms with Gasteiger partial charge in [-0.1, -0.05) is 13.8 Å². The number of aromatic nitrogens is 1. The molecule has 1 amide bonds. The van der Waals surface area contributed by atoms with E-state index in [1.165, 1.54) is 6.20 Å². The molecule has 1 aromatic rings. The topological polar surface area (TPSA) is 33.2 Å². The van der Waals surface area contributed by atoms with Crippen LogP contribution in [0.25, 0.3) is 0 Å². The first kappa shape index (κ1) is 14.4. The van der Waals surface area contributed by atoms with Gasteiger partial charge in [0.05, 0.1) is 5.56 Å². The molecule has 1 fully saturated rings. The van der Waals surface area contributed by atoms with Crippen LogP contribution in [0.1, 0.15) is 24.2 Å². The summed E-state index contributed by atoms with van der Waals surface area (Å²) in [5.41, 5.74) is 0.192. The molecule has 0 radical (unpaired) electrons. The number of likely N-dealkylation sites (tertiary alicyclic amines) is 1. The average molecular weight is 333 g/mol. The molecule has 1 aliphatic rings. The van der Waals surface area contributed by atoms with Gasteiger partial charge in [0.1, 0.15) is 10.8 Å². The molecule has 0 N–H and O–H groups in total. The Bertz CT molecular complexity index is 486. The first-order valence-corrected chi connectivity index (χ1v) is 6.94. The van der Waals surface area contributed by atoms with Gasteiger partial charge in [-0.05, 0) is 22.0 Å². The number of carbonyl (C=O) groups is 1. The van der Waals surface area contributed by atoms with E-state index in [0.29, 0.717) is 13.1 Å². The molecule has 3 atom stereocenters. The summed E-state index contributed by atoms with van der Waals surface area (Å²) in [5.74, 6) is -1.29. The van der Waals surface area contributed by atoms with Crippen LogP contribution >= 0.6 is 15.9 Å². The number of pyridine rings is 1. The Kier molecular flexibility index (Phi) is 4.18. The predicted octanol–water partition coefficient (Wildman–Crippen LogP) is 3.05. The lowest BCUT2D eigenvalue weighted by Gasteiger charge is -2.37. The Morgan fingerprint density at radius 1 is 1.42 bits per heavy atom. The Balaban J connectivity index is 2.17. The molecule has 1 aromatic heterocycles. The van der Waals surface area contributed by atoms with Crippen molar-refractivity contribution in [2.45, 2.75) is 20.0 Å². The predicted molar refractivity (Wildman–Crippen MR) is 71.0 cm³/mol. The van der Waals surface area contributed by atoms with Gasteiger partial charge in [-0.2, -0.15) is 0 Å². The number of halogens is 3. The molecular formula is C13H15BrF2N2O. The summed E-state index contributed by atoms with van der Waals surface area (Å²) in [6.45, 7) is 4.26. The summed E-state index contributed by atoms with van der Waals surface area (Å²) in [5, 5.41) is 0. The fourth-order valence-corrected chi connectivity index (χ4v) is 2.64. The third kappa shape index (κ3) is 2.94. The fraction of sp³-hybridized carbons (Fsp3) is 0.538. The maximum Gasteiger partial charge on any atom is 0.255 e. The molecule has 0 bridgehead atoms. The van der Waals surface area contributed by atoms with Crippen molar-refractivity contribution in [1.82, 2.24) is 9.88 Å². The van der Waals surface area contributed by atoms with Gasteiger partial charge >= 0.3 is 0 Å². The summed E-state index contributed by atoms with van der Waals surface area (Å²) in [6.07, 6.45) is 0.427. The van der Waals surface area contributed by atoms with Gasteiger partial charge in [0.25, 0.3) is 5.91 Å². The molecule has 1 unspecified atom stereocenters. The monoisotopic (exact) mass is 332 g/mol. The van der Waals surface area contributed by atoms with Crippen LogP contribution in [-0.4, -0.2) is 35.1 Å². The number of piperidine rings is 1. The number of alkyl halides is 1. The molecule has 0 spiro atoms. The third-order valence-electron chi connectivity index (χ3n) is 3.43. The standard InChI is InChI=1S/C13H15BrF2N2O/c1-7-5-18(6-8(2)11(7)16)13(19)9-3-10(15)12(14)17-4-9/h3-4,7-8,11H,5-6H2,1-2H3/t7-,8+,11?. The van der Waals surface area contributed by atoms with Crippen molar-refractivity contribution in [1.29, 1.82) is 0 Å². The van der Waals surface area contributed by atoms with Crippen molar-refractivity contribution in [2.24, 2.45) is 11.8 Å². The van der Waals surface area contributed by atoms with E-state index in [1.54, 1.807) is 18.7 Å². The van der Waals surface area contributed by atoms with Gasteiger partial charge in [0.2, 0.25) is 0 Å². The van der Waals surface area contributed by atoms with Gasteiger partial charge in [-0.15, -0.1) is 0 Å². The lowest BCUT2D eigenvalue weighted by molar-refractivity contribution is 0.0367. The van der Waals surface area contributed by atoms with E-state index >= 15 is 0 Å². The number of nitrogens with zero attached hydrogens (tertiary/aromatic N) is 2. The summed E-state index contributed by atoms with van der Waals surface area (Å²) in [7, 11) is 0. The van der Waals surface area contributed by atoms with E-state index in [-0.39, 0.29) is 27.9 Å². The number of carbonyl (C=O) groups excluding carboxylic acids is 1. The molecule has 2 heterocycles. The highest BCUT2D eigenvalue weighted by atomic mass is 79.9. The summed E-state index contributed by atoms with van der Waals surface area (Å²) >= 11 is 2.94. The van der Waals surface area contributed by atoms with Crippen LogP contribution in [0.3, 0.4) is 0 Å². The van der Waals surface area contributed by atoms with Crippen molar-refractivity contribution in [3.05, 3.63) is 28.2 Å². The molecule has 1 saturated heterocycles. The largest absolute Gasteiger partial charge is 0.338 e. The molecule has 19 heavy (non-hydrogen) atoms. The minimum atomic E-state index is -0.899. The molecular weight excluding hydrogens is 318 g/mol. The van der Waals surface area contributed by atoms with Crippen LogP contribution in [0.5, 0.6) is 0 Å². The lowest BCUT2D eigenvalue weighted by Crippen LogP contribution is -2.48. The highest BCUT2D eigenvalue weighted by Crippen LogP contribution is 2.26. The number of hydrogen-bond donors (Lipinski definition) is 0. The van der Waals surface area contributed by atoms with E-state index in [9.17, 15) is 13.6 Å². The van der Waals surface area contributed by atoms with E-state index < -0.39 is 12.0 Å². The fourth-order valence-electron chi connectivity index (χ4n) is 2.42. The SMILES string of the molecule is C[C@@H]1CN(C(=O)c2cnc(Br)c(F)c2)C[C@H](C)C1F. The van der Waals surface area contributed by atoms with Crippen molar-refractivity contribution in [2.75, 3.05) is 13.1 Å². The molecule has 2 rings (SSSR count). The molecule has 6 heteroatoms.